The SMILES string of the molecule is CN=C(NCCCc1nc(C(C)C)no1)N1CCCC2(CCCCCC2)C1. The normalized spacial score (nSPS) is 20.9. The largest absolute Gasteiger partial charge is 0.356 e. The summed E-state index contributed by atoms with van der Waals surface area (Å²) in [5.41, 5.74) is 0.531. The highest BCUT2D eigenvalue weighted by atomic mass is 16.5. The van der Waals surface area contributed by atoms with Gasteiger partial charge in [0.15, 0.2) is 11.8 Å². The molecule has 0 unspecified atom stereocenters. The fraction of sp³-hybridized carbons (Fsp3) is 0.857. The summed E-state index contributed by atoms with van der Waals surface area (Å²) in [6.07, 6.45) is 12.9. The molecule has 2 heterocycles. The topological polar surface area (TPSA) is 66.5 Å². The first-order valence-corrected chi connectivity index (χ1v) is 10.9. The number of piperidine rings is 1. The van der Waals surface area contributed by atoms with E-state index in [0.717, 1.165) is 43.6 Å². The van der Waals surface area contributed by atoms with E-state index in [4.69, 9.17) is 4.52 Å². The van der Waals surface area contributed by atoms with Crippen molar-refractivity contribution in [3.05, 3.63) is 11.7 Å². The van der Waals surface area contributed by atoms with Gasteiger partial charge >= 0.3 is 0 Å². The van der Waals surface area contributed by atoms with Crippen LogP contribution in [0.4, 0.5) is 0 Å². The predicted molar refractivity (Wildman–Crippen MR) is 109 cm³/mol. The number of aryl methyl sites for hydroxylation is 1. The quantitative estimate of drug-likeness (QED) is 0.476. The average molecular weight is 376 g/mol. The monoisotopic (exact) mass is 375 g/mol. The van der Waals surface area contributed by atoms with Crippen molar-refractivity contribution in [2.24, 2.45) is 10.4 Å². The van der Waals surface area contributed by atoms with Gasteiger partial charge in [0.05, 0.1) is 0 Å². The number of likely N-dealkylation sites (tertiary alicyclic amines) is 1. The van der Waals surface area contributed by atoms with Gasteiger partial charge in [-0.25, -0.2) is 0 Å². The summed E-state index contributed by atoms with van der Waals surface area (Å²) in [6.45, 7) is 7.35. The maximum Gasteiger partial charge on any atom is 0.226 e. The number of nitrogens with one attached hydrogen (secondary N) is 1. The van der Waals surface area contributed by atoms with Gasteiger partial charge in [0, 0.05) is 39.0 Å². The molecular weight excluding hydrogens is 338 g/mol. The van der Waals surface area contributed by atoms with Crippen LogP contribution >= 0.6 is 0 Å². The van der Waals surface area contributed by atoms with Gasteiger partial charge in [-0.1, -0.05) is 44.7 Å². The van der Waals surface area contributed by atoms with Gasteiger partial charge in [0.25, 0.3) is 0 Å². The molecule has 2 fully saturated rings. The van der Waals surface area contributed by atoms with Crippen LogP contribution in [0.1, 0.15) is 89.3 Å². The molecule has 1 aliphatic carbocycles. The van der Waals surface area contributed by atoms with Crippen LogP contribution in [0.2, 0.25) is 0 Å². The summed E-state index contributed by atoms with van der Waals surface area (Å²) in [7, 11) is 1.91. The van der Waals surface area contributed by atoms with Crippen LogP contribution in [0, 0.1) is 5.41 Å². The number of aromatic nitrogens is 2. The molecule has 1 aromatic heterocycles. The zero-order chi connectivity index (χ0) is 19.1. The minimum Gasteiger partial charge on any atom is -0.356 e. The standard InChI is InChI=1S/C21H37N5O/c1-17(2)19-24-18(27-25-19)10-8-14-23-20(22-3)26-15-9-13-21(16-26)11-6-4-5-7-12-21/h17H,4-16H2,1-3H3,(H,22,23). The van der Waals surface area contributed by atoms with Crippen molar-refractivity contribution in [1.29, 1.82) is 0 Å². The van der Waals surface area contributed by atoms with Crippen LogP contribution in [0.3, 0.4) is 0 Å². The molecule has 1 N–H and O–H groups in total. The molecule has 1 saturated carbocycles. The molecule has 1 saturated heterocycles. The molecule has 1 spiro atoms. The molecule has 152 valence electrons. The van der Waals surface area contributed by atoms with Crippen LogP contribution < -0.4 is 5.32 Å². The number of aliphatic imine (C=N–C) groups is 1. The Hall–Kier alpha value is -1.59. The second-order valence-electron chi connectivity index (χ2n) is 8.72. The van der Waals surface area contributed by atoms with E-state index in [1.807, 2.05) is 7.05 Å². The number of hydrogen-bond donors (Lipinski definition) is 1. The molecule has 3 rings (SSSR count). The molecule has 0 bridgehead atoms. The third kappa shape index (κ3) is 5.45. The highest BCUT2D eigenvalue weighted by Crippen LogP contribution is 2.42. The fourth-order valence-corrected chi connectivity index (χ4v) is 4.65. The van der Waals surface area contributed by atoms with E-state index in [1.165, 1.54) is 57.9 Å². The van der Waals surface area contributed by atoms with Gasteiger partial charge in [0.1, 0.15) is 0 Å². The third-order valence-corrected chi connectivity index (χ3v) is 6.19. The Labute approximate surface area is 164 Å². The summed E-state index contributed by atoms with van der Waals surface area (Å²) in [5.74, 6) is 2.92. The van der Waals surface area contributed by atoms with Crippen molar-refractivity contribution in [1.82, 2.24) is 20.4 Å². The van der Waals surface area contributed by atoms with E-state index < -0.39 is 0 Å². The lowest BCUT2D eigenvalue weighted by Gasteiger charge is -2.44. The Morgan fingerprint density at radius 3 is 2.59 bits per heavy atom. The van der Waals surface area contributed by atoms with Crippen LogP contribution in [0.5, 0.6) is 0 Å². The molecule has 0 radical (unpaired) electrons. The molecule has 6 heteroatoms. The van der Waals surface area contributed by atoms with Crippen molar-refractivity contribution in [3.8, 4) is 0 Å². The van der Waals surface area contributed by atoms with Crippen molar-refractivity contribution in [3.63, 3.8) is 0 Å². The third-order valence-electron chi connectivity index (χ3n) is 6.19. The Morgan fingerprint density at radius 2 is 1.93 bits per heavy atom. The van der Waals surface area contributed by atoms with Gasteiger partial charge in [-0.15, -0.1) is 0 Å². The van der Waals surface area contributed by atoms with Gasteiger partial charge in [0.2, 0.25) is 5.89 Å². The molecular formula is C21H37N5O. The summed E-state index contributed by atoms with van der Waals surface area (Å²) in [6, 6.07) is 0. The Morgan fingerprint density at radius 1 is 1.19 bits per heavy atom. The molecule has 27 heavy (non-hydrogen) atoms. The minimum atomic E-state index is 0.315. The summed E-state index contributed by atoms with van der Waals surface area (Å²) in [5, 5.41) is 7.60. The van der Waals surface area contributed by atoms with Gasteiger partial charge < -0.3 is 14.7 Å². The molecule has 0 aromatic carbocycles. The molecule has 1 aromatic rings. The second-order valence-corrected chi connectivity index (χ2v) is 8.72. The molecule has 1 aliphatic heterocycles. The lowest BCUT2D eigenvalue weighted by molar-refractivity contribution is 0.115. The van der Waals surface area contributed by atoms with Gasteiger partial charge in [-0.3, -0.25) is 4.99 Å². The van der Waals surface area contributed by atoms with Crippen LogP contribution in [0.25, 0.3) is 0 Å². The van der Waals surface area contributed by atoms with Crippen LogP contribution in [-0.2, 0) is 6.42 Å². The summed E-state index contributed by atoms with van der Waals surface area (Å²) < 4.78 is 5.33. The smallest absolute Gasteiger partial charge is 0.226 e. The van der Waals surface area contributed by atoms with E-state index in [1.54, 1.807) is 0 Å². The number of rotatable bonds is 5. The van der Waals surface area contributed by atoms with Crippen LogP contribution in [-0.4, -0.2) is 47.7 Å². The van der Waals surface area contributed by atoms with Gasteiger partial charge in [-0.05, 0) is 37.5 Å². The van der Waals surface area contributed by atoms with E-state index in [0.29, 0.717) is 11.3 Å². The molecule has 6 nitrogen and oxygen atoms in total. The number of nitrogens with zero attached hydrogens (tertiary/aromatic N) is 4. The number of guanidine groups is 1. The highest BCUT2D eigenvalue weighted by Gasteiger charge is 2.36. The van der Waals surface area contributed by atoms with Crippen molar-refractivity contribution >= 4 is 5.96 Å². The van der Waals surface area contributed by atoms with Crippen LogP contribution in [0.15, 0.2) is 9.52 Å². The summed E-state index contributed by atoms with van der Waals surface area (Å²) >= 11 is 0. The summed E-state index contributed by atoms with van der Waals surface area (Å²) in [4.78, 5) is 11.5. The van der Waals surface area contributed by atoms with E-state index >= 15 is 0 Å². The first kappa shape index (κ1) is 20.2. The second kappa shape index (κ2) is 9.56. The first-order valence-electron chi connectivity index (χ1n) is 10.9. The van der Waals surface area contributed by atoms with Crippen molar-refractivity contribution in [2.75, 3.05) is 26.7 Å². The Kier molecular flexibility index (Phi) is 7.13. The Bertz CT molecular complexity index is 601. The maximum absolute atomic E-state index is 5.33. The lowest BCUT2D eigenvalue weighted by atomic mass is 9.74. The van der Waals surface area contributed by atoms with Crippen molar-refractivity contribution in [2.45, 2.75) is 84.0 Å². The zero-order valence-corrected chi connectivity index (χ0v) is 17.5. The first-order chi connectivity index (χ1) is 13.1. The fourth-order valence-electron chi connectivity index (χ4n) is 4.65. The van der Waals surface area contributed by atoms with E-state index in [2.05, 4.69) is 39.2 Å². The average Bonchev–Trinajstić information content (AvgIpc) is 3.04. The number of hydrogen-bond acceptors (Lipinski definition) is 4. The lowest BCUT2D eigenvalue weighted by Crippen LogP contribution is -2.50. The van der Waals surface area contributed by atoms with E-state index in [-0.39, 0.29) is 0 Å². The molecule has 0 amide bonds. The maximum atomic E-state index is 5.33. The minimum absolute atomic E-state index is 0.315. The zero-order valence-electron chi connectivity index (χ0n) is 17.5. The van der Waals surface area contributed by atoms with E-state index in [9.17, 15) is 0 Å². The molecule has 0 atom stereocenters. The molecule has 2 aliphatic rings. The van der Waals surface area contributed by atoms with Crippen molar-refractivity contribution < 1.29 is 4.52 Å². The Balaban J connectivity index is 1.46. The highest BCUT2D eigenvalue weighted by molar-refractivity contribution is 5.80. The van der Waals surface area contributed by atoms with Gasteiger partial charge in [-0.2, -0.15) is 4.98 Å². The predicted octanol–water partition coefficient (Wildman–Crippen LogP) is 4.14.